The Morgan fingerprint density at radius 3 is 2.36 bits per heavy atom. The van der Waals surface area contributed by atoms with Crippen LogP contribution in [0.15, 0.2) is 63.9 Å². The molecule has 10 heteroatoms. The lowest BCUT2D eigenvalue weighted by molar-refractivity contribution is 0.0554. The van der Waals surface area contributed by atoms with Gasteiger partial charge in [-0.1, -0.05) is 5.21 Å². The standard InChI is InChI=1S/C29H37N5O5/c1-4-32(5-2)25-11-12-28-22(19-25)20-26(29(36)39-28)27-21-34(31-30-27)24-9-7-23(8-10-24)33(13-15-35)14-16-38-18-17-37-6-3/h7-12,19-21,35H,4-6,13-18H2,1-3H3. The predicted molar refractivity (Wildman–Crippen MR) is 153 cm³/mol. The largest absolute Gasteiger partial charge is 0.422 e. The van der Waals surface area contributed by atoms with Crippen LogP contribution >= 0.6 is 0 Å². The van der Waals surface area contributed by atoms with Crippen molar-refractivity contribution in [3.05, 3.63) is 65.1 Å². The van der Waals surface area contributed by atoms with Crippen molar-refractivity contribution in [2.24, 2.45) is 0 Å². The normalized spacial score (nSPS) is 11.3. The molecule has 0 saturated heterocycles. The van der Waals surface area contributed by atoms with Crippen LogP contribution in [-0.4, -0.2) is 79.3 Å². The second-order valence-electron chi connectivity index (χ2n) is 8.93. The third-order valence-electron chi connectivity index (χ3n) is 6.54. The van der Waals surface area contributed by atoms with Gasteiger partial charge in [0.05, 0.1) is 43.9 Å². The molecule has 0 aliphatic carbocycles. The molecule has 4 rings (SSSR count). The zero-order valence-electron chi connectivity index (χ0n) is 22.9. The van der Waals surface area contributed by atoms with Crippen LogP contribution in [0.3, 0.4) is 0 Å². The van der Waals surface area contributed by atoms with Crippen molar-refractivity contribution in [1.82, 2.24) is 15.0 Å². The fourth-order valence-corrected chi connectivity index (χ4v) is 4.43. The third-order valence-corrected chi connectivity index (χ3v) is 6.54. The molecule has 0 spiro atoms. The van der Waals surface area contributed by atoms with Gasteiger partial charge >= 0.3 is 5.63 Å². The summed E-state index contributed by atoms with van der Waals surface area (Å²) in [4.78, 5) is 17.1. The van der Waals surface area contributed by atoms with E-state index in [1.54, 1.807) is 10.9 Å². The molecule has 1 N–H and O–H groups in total. The van der Waals surface area contributed by atoms with Crippen LogP contribution in [0.5, 0.6) is 0 Å². The van der Waals surface area contributed by atoms with Gasteiger partial charge in [-0.2, -0.15) is 0 Å². The Kier molecular flexibility index (Phi) is 10.1. The van der Waals surface area contributed by atoms with Gasteiger partial charge in [-0.25, -0.2) is 9.48 Å². The van der Waals surface area contributed by atoms with Gasteiger partial charge in [0.15, 0.2) is 0 Å². The molecule has 2 heterocycles. The molecule has 0 fully saturated rings. The summed E-state index contributed by atoms with van der Waals surface area (Å²) in [7, 11) is 0. The SMILES string of the molecule is CCOCCOCCN(CCO)c1ccc(-n2cc(-c3cc4cc(N(CC)CC)ccc4oc3=O)nn2)cc1. The fourth-order valence-electron chi connectivity index (χ4n) is 4.43. The van der Waals surface area contributed by atoms with Gasteiger partial charge in [0, 0.05) is 49.5 Å². The molecule has 0 radical (unpaired) electrons. The third kappa shape index (κ3) is 7.03. The van der Waals surface area contributed by atoms with E-state index in [9.17, 15) is 9.90 Å². The van der Waals surface area contributed by atoms with Crippen molar-refractivity contribution in [3.8, 4) is 16.9 Å². The maximum atomic E-state index is 12.8. The lowest BCUT2D eigenvalue weighted by atomic mass is 10.1. The van der Waals surface area contributed by atoms with Crippen molar-refractivity contribution in [2.45, 2.75) is 20.8 Å². The Balaban J connectivity index is 1.50. The molecule has 4 aromatic rings. The number of fused-ring (bicyclic) bond motifs is 1. The summed E-state index contributed by atoms with van der Waals surface area (Å²) in [5.74, 6) is 0. The van der Waals surface area contributed by atoms with Crippen LogP contribution in [0.25, 0.3) is 27.9 Å². The molecule has 0 amide bonds. The van der Waals surface area contributed by atoms with E-state index >= 15 is 0 Å². The van der Waals surface area contributed by atoms with E-state index in [1.165, 1.54) is 0 Å². The van der Waals surface area contributed by atoms with Crippen LogP contribution < -0.4 is 15.4 Å². The average molecular weight is 536 g/mol. The number of benzene rings is 2. The molecule has 0 aliphatic heterocycles. The van der Waals surface area contributed by atoms with Crippen LogP contribution in [0.1, 0.15) is 20.8 Å². The minimum absolute atomic E-state index is 0.0396. The smallest absolute Gasteiger partial charge is 0.345 e. The maximum Gasteiger partial charge on any atom is 0.345 e. The molecule has 0 bridgehead atoms. The summed E-state index contributed by atoms with van der Waals surface area (Å²) in [6.45, 7) is 11.5. The van der Waals surface area contributed by atoms with Crippen LogP contribution in [0, 0.1) is 0 Å². The van der Waals surface area contributed by atoms with E-state index in [0.29, 0.717) is 56.4 Å². The number of aliphatic hydroxyl groups excluding tert-OH is 1. The number of aliphatic hydroxyl groups is 1. The fraction of sp³-hybridized carbons (Fsp3) is 0.414. The molecule has 2 aromatic heterocycles. The Hall–Kier alpha value is -3.73. The van der Waals surface area contributed by atoms with Gasteiger partial charge in [0.25, 0.3) is 0 Å². The number of aromatic nitrogens is 3. The molecule has 0 saturated carbocycles. The lowest BCUT2D eigenvalue weighted by Crippen LogP contribution is -2.30. The minimum atomic E-state index is -0.455. The minimum Gasteiger partial charge on any atom is -0.422 e. The quantitative estimate of drug-likeness (QED) is 0.180. The van der Waals surface area contributed by atoms with E-state index in [0.717, 1.165) is 35.5 Å². The molecular formula is C29H37N5O5. The highest BCUT2D eigenvalue weighted by Gasteiger charge is 2.14. The first-order valence-electron chi connectivity index (χ1n) is 13.4. The average Bonchev–Trinajstić information content (AvgIpc) is 3.45. The molecule has 0 unspecified atom stereocenters. The van der Waals surface area contributed by atoms with Crippen molar-refractivity contribution in [1.29, 1.82) is 0 Å². The van der Waals surface area contributed by atoms with Crippen molar-refractivity contribution in [3.63, 3.8) is 0 Å². The van der Waals surface area contributed by atoms with Gasteiger partial charge < -0.3 is 28.8 Å². The second-order valence-corrected chi connectivity index (χ2v) is 8.93. The number of ether oxygens (including phenoxy) is 2. The van der Waals surface area contributed by atoms with E-state index in [-0.39, 0.29) is 6.61 Å². The number of rotatable bonds is 15. The summed E-state index contributed by atoms with van der Waals surface area (Å²) in [5, 5.41) is 18.8. The predicted octanol–water partition coefficient (Wildman–Crippen LogP) is 3.74. The van der Waals surface area contributed by atoms with Crippen LogP contribution in [0.4, 0.5) is 11.4 Å². The Morgan fingerprint density at radius 1 is 0.897 bits per heavy atom. The van der Waals surface area contributed by atoms with Gasteiger partial charge in [0.1, 0.15) is 11.3 Å². The Morgan fingerprint density at radius 2 is 1.64 bits per heavy atom. The monoisotopic (exact) mass is 535 g/mol. The molecule has 0 atom stereocenters. The van der Waals surface area contributed by atoms with Gasteiger partial charge in [-0.3, -0.25) is 0 Å². The van der Waals surface area contributed by atoms with Crippen molar-refractivity contribution < 1.29 is 19.0 Å². The number of anilines is 2. The zero-order valence-corrected chi connectivity index (χ0v) is 22.9. The first-order valence-corrected chi connectivity index (χ1v) is 13.4. The summed E-state index contributed by atoms with van der Waals surface area (Å²) in [5.41, 5.74) is 3.71. The first kappa shape index (κ1) is 28.3. The van der Waals surface area contributed by atoms with E-state index in [2.05, 4.69) is 34.0 Å². The van der Waals surface area contributed by atoms with Gasteiger partial charge in [0.2, 0.25) is 0 Å². The van der Waals surface area contributed by atoms with Crippen molar-refractivity contribution in [2.75, 3.05) is 69.0 Å². The zero-order chi connectivity index (χ0) is 27.6. The number of hydrogen-bond acceptors (Lipinski definition) is 9. The van der Waals surface area contributed by atoms with E-state index in [1.807, 2.05) is 55.5 Å². The highest BCUT2D eigenvalue weighted by molar-refractivity contribution is 5.84. The molecular weight excluding hydrogens is 498 g/mol. The van der Waals surface area contributed by atoms with Crippen LogP contribution in [-0.2, 0) is 9.47 Å². The summed E-state index contributed by atoms with van der Waals surface area (Å²) >= 11 is 0. The summed E-state index contributed by atoms with van der Waals surface area (Å²) < 4.78 is 18.1. The molecule has 208 valence electrons. The molecule has 0 aliphatic rings. The highest BCUT2D eigenvalue weighted by atomic mass is 16.5. The number of nitrogens with zero attached hydrogens (tertiary/aromatic N) is 5. The number of hydrogen-bond donors (Lipinski definition) is 1. The molecule has 10 nitrogen and oxygen atoms in total. The topological polar surface area (TPSA) is 106 Å². The van der Waals surface area contributed by atoms with Gasteiger partial charge in [-0.05, 0) is 69.3 Å². The Labute approximate surface area is 228 Å². The summed E-state index contributed by atoms with van der Waals surface area (Å²) in [6.07, 6.45) is 1.72. The van der Waals surface area contributed by atoms with Crippen molar-refractivity contribution >= 4 is 22.3 Å². The lowest BCUT2D eigenvalue weighted by Gasteiger charge is -2.24. The van der Waals surface area contributed by atoms with Crippen LogP contribution in [0.2, 0.25) is 0 Å². The maximum absolute atomic E-state index is 12.8. The molecule has 2 aromatic carbocycles. The summed E-state index contributed by atoms with van der Waals surface area (Å²) in [6, 6.07) is 15.4. The first-order chi connectivity index (χ1) is 19.1. The van der Waals surface area contributed by atoms with Gasteiger partial charge in [-0.15, -0.1) is 5.10 Å². The van der Waals surface area contributed by atoms with E-state index in [4.69, 9.17) is 13.9 Å². The second kappa shape index (κ2) is 13.9. The van der Waals surface area contributed by atoms with E-state index < -0.39 is 5.63 Å². The Bertz CT molecular complexity index is 1380. The molecule has 39 heavy (non-hydrogen) atoms. The highest BCUT2D eigenvalue weighted by Crippen LogP contribution is 2.25.